The number of hydrogen-bond acceptors (Lipinski definition) is 6. The second-order valence-corrected chi connectivity index (χ2v) is 8.10. The lowest BCUT2D eigenvalue weighted by Gasteiger charge is -2.19. The van der Waals surface area contributed by atoms with Gasteiger partial charge in [0.15, 0.2) is 6.61 Å². The molecule has 0 bridgehead atoms. The van der Waals surface area contributed by atoms with E-state index in [1.54, 1.807) is 32.3 Å². The van der Waals surface area contributed by atoms with E-state index in [1.165, 1.54) is 0 Å². The zero-order valence-electron chi connectivity index (χ0n) is 18.9. The minimum absolute atomic E-state index is 0.0171. The third-order valence-electron chi connectivity index (χ3n) is 4.46. The summed E-state index contributed by atoms with van der Waals surface area (Å²) in [5.41, 5.74) is 2.05. The Balaban J connectivity index is 1.96. The molecule has 2 amide bonds. The Kier molecular flexibility index (Phi) is 8.02. The molecule has 0 atom stereocenters. The van der Waals surface area contributed by atoms with E-state index >= 15 is 0 Å². The van der Waals surface area contributed by atoms with Crippen molar-refractivity contribution in [3.8, 4) is 11.8 Å². The number of rotatable bonds is 7. The van der Waals surface area contributed by atoms with Crippen molar-refractivity contribution in [2.45, 2.75) is 46.6 Å². The number of para-hydroxylation sites is 1. The maximum atomic E-state index is 12.4. The van der Waals surface area contributed by atoms with Gasteiger partial charge < -0.3 is 20.1 Å². The number of nitriles is 1. The highest BCUT2D eigenvalue weighted by atomic mass is 16.6. The molecular formula is C23H28N4O5. The Labute approximate surface area is 187 Å². The Morgan fingerprint density at radius 1 is 1.12 bits per heavy atom. The van der Waals surface area contributed by atoms with E-state index in [9.17, 15) is 19.6 Å². The van der Waals surface area contributed by atoms with Gasteiger partial charge in [-0.3, -0.25) is 14.2 Å². The smallest absolute Gasteiger partial charge is 0.407 e. The van der Waals surface area contributed by atoms with E-state index in [4.69, 9.17) is 9.47 Å². The van der Waals surface area contributed by atoms with Gasteiger partial charge in [0.05, 0.1) is 12.0 Å². The second-order valence-electron chi connectivity index (χ2n) is 8.10. The molecule has 0 fully saturated rings. The van der Waals surface area contributed by atoms with Crippen molar-refractivity contribution in [3.63, 3.8) is 0 Å². The summed E-state index contributed by atoms with van der Waals surface area (Å²) in [6.07, 6.45) is -0.756. The number of nitrogens with zero attached hydrogens (tertiary/aromatic N) is 2. The van der Waals surface area contributed by atoms with Crippen LogP contribution in [0.2, 0.25) is 0 Å². The molecule has 9 nitrogen and oxygen atoms in total. The van der Waals surface area contributed by atoms with Gasteiger partial charge in [-0.25, -0.2) is 4.79 Å². The number of hydrogen-bond donors (Lipinski definition) is 2. The van der Waals surface area contributed by atoms with Gasteiger partial charge in [-0.05, 0) is 52.3 Å². The first-order chi connectivity index (χ1) is 15.0. The third-order valence-corrected chi connectivity index (χ3v) is 4.46. The van der Waals surface area contributed by atoms with Crippen molar-refractivity contribution in [2.24, 2.45) is 0 Å². The summed E-state index contributed by atoms with van der Waals surface area (Å²) in [6.45, 7) is 8.35. The quantitative estimate of drug-likeness (QED) is 0.637. The van der Waals surface area contributed by atoms with Crippen LogP contribution in [0, 0.1) is 25.2 Å². The van der Waals surface area contributed by atoms with Crippen LogP contribution in [0.5, 0.6) is 0 Å². The number of benzene rings is 1. The first kappa shape index (κ1) is 24.5. The van der Waals surface area contributed by atoms with Gasteiger partial charge in [-0.2, -0.15) is 5.26 Å². The topological polar surface area (TPSA) is 122 Å². The molecule has 0 unspecified atom stereocenters. The summed E-state index contributed by atoms with van der Waals surface area (Å²) < 4.78 is 11.8. The van der Waals surface area contributed by atoms with Crippen LogP contribution < -0.4 is 10.6 Å². The van der Waals surface area contributed by atoms with Gasteiger partial charge in [-0.1, -0.05) is 18.2 Å². The predicted octanol–water partition coefficient (Wildman–Crippen LogP) is 3.36. The van der Waals surface area contributed by atoms with Crippen molar-refractivity contribution in [2.75, 3.05) is 18.5 Å². The van der Waals surface area contributed by atoms with Gasteiger partial charge in [0.2, 0.25) is 0 Å². The van der Waals surface area contributed by atoms with Crippen LogP contribution in [-0.4, -0.2) is 41.3 Å². The molecule has 2 aromatic rings. The first-order valence-electron chi connectivity index (χ1n) is 10.1. The number of carbonyl (C=O) groups is 3. The summed E-state index contributed by atoms with van der Waals surface area (Å²) in [7, 11) is 0. The molecule has 0 aliphatic heterocycles. The summed E-state index contributed by atoms with van der Waals surface area (Å²) >= 11 is 0. The Bertz CT molecular complexity index is 1030. The number of nitrogens with one attached hydrogen (secondary N) is 2. The zero-order valence-corrected chi connectivity index (χ0v) is 18.9. The molecule has 170 valence electrons. The summed E-state index contributed by atoms with van der Waals surface area (Å²) in [6, 6.07) is 11.4. The summed E-state index contributed by atoms with van der Waals surface area (Å²) in [4.78, 5) is 35.9. The molecular weight excluding hydrogens is 412 g/mol. The van der Waals surface area contributed by atoms with Gasteiger partial charge in [0.25, 0.3) is 5.91 Å². The fraction of sp³-hybridized carbons (Fsp3) is 0.391. The van der Waals surface area contributed by atoms with E-state index in [0.29, 0.717) is 11.4 Å². The van der Waals surface area contributed by atoms with Crippen molar-refractivity contribution in [3.05, 3.63) is 47.2 Å². The molecule has 1 aromatic heterocycles. The molecule has 2 N–H and O–H groups in total. The van der Waals surface area contributed by atoms with Crippen molar-refractivity contribution in [1.29, 1.82) is 5.26 Å². The lowest BCUT2D eigenvalue weighted by Crippen LogP contribution is -2.34. The lowest BCUT2D eigenvalue weighted by atomic mass is 10.2. The van der Waals surface area contributed by atoms with Crippen LogP contribution in [0.25, 0.3) is 5.69 Å². The van der Waals surface area contributed by atoms with Crippen LogP contribution in [0.1, 0.15) is 44.0 Å². The molecule has 0 spiro atoms. The van der Waals surface area contributed by atoms with Crippen molar-refractivity contribution < 1.29 is 23.9 Å². The molecule has 2 rings (SSSR count). The van der Waals surface area contributed by atoms with E-state index < -0.39 is 30.2 Å². The molecule has 0 radical (unpaired) electrons. The standard InChI is InChI=1S/C23H28N4O5/c1-15-16(2)27(17-9-7-6-8-10-17)21(18(15)13-24)26-19(28)14-31-20(29)11-12-25-22(30)32-23(3,4)5/h6-10H,11-12,14H2,1-5H3,(H,25,30)(H,26,28). The van der Waals surface area contributed by atoms with Crippen LogP contribution in [-0.2, 0) is 19.1 Å². The summed E-state index contributed by atoms with van der Waals surface area (Å²) in [5, 5.41) is 14.7. The SMILES string of the molecule is Cc1c(C#N)c(NC(=O)COC(=O)CCNC(=O)OC(C)(C)C)n(-c2ccccc2)c1C. The molecule has 0 aliphatic carbocycles. The average molecular weight is 441 g/mol. The van der Waals surface area contributed by atoms with E-state index in [0.717, 1.165) is 16.9 Å². The minimum atomic E-state index is -0.650. The van der Waals surface area contributed by atoms with Gasteiger partial charge >= 0.3 is 12.1 Å². The fourth-order valence-electron chi connectivity index (χ4n) is 2.93. The lowest BCUT2D eigenvalue weighted by molar-refractivity contribution is -0.147. The van der Waals surface area contributed by atoms with Crippen LogP contribution in [0.3, 0.4) is 0 Å². The number of esters is 1. The molecule has 0 aliphatic rings. The maximum absolute atomic E-state index is 12.4. The van der Waals surface area contributed by atoms with E-state index in [-0.39, 0.29) is 13.0 Å². The number of ether oxygens (including phenoxy) is 2. The van der Waals surface area contributed by atoms with Gasteiger partial charge in [0.1, 0.15) is 17.5 Å². The number of aromatic nitrogens is 1. The monoisotopic (exact) mass is 440 g/mol. The van der Waals surface area contributed by atoms with Crippen LogP contribution >= 0.6 is 0 Å². The van der Waals surface area contributed by atoms with Crippen LogP contribution in [0.4, 0.5) is 10.6 Å². The highest BCUT2D eigenvalue weighted by Gasteiger charge is 2.21. The first-order valence-corrected chi connectivity index (χ1v) is 10.1. The Morgan fingerprint density at radius 2 is 1.78 bits per heavy atom. The van der Waals surface area contributed by atoms with Gasteiger partial charge in [0, 0.05) is 17.9 Å². The maximum Gasteiger partial charge on any atom is 0.407 e. The molecule has 32 heavy (non-hydrogen) atoms. The van der Waals surface area contributed by atoms with Gasteiger partial charge in [-0.15, -0.1) is 0 Å². The predicted molar refractivity (Wildman–Crippen MR) is 118 cm³/mol. The third kappa shape index (κ3) is 6.60. The second kappa shape index (κ2) is 10.5. The number of carbonyl (C=O) groups excluding carboxylic acids is 3. The molecule has 1 heterocycles. The van der Waals surface area contributed by atoms with Crippen LogP contribution in [0.15, 0.2) is 30.3 Å². The summed E-state index contributed by atoms with van der Waals surface area (Å²) in [5.74, 6) is -0.909. The fourth-order valence-corrected chi connectivity index (χ4v) is 2.93. The normalized spacial score (nSPS) is 10.8. The number of alkyl carbamates (subject to hydrolysis) is 1. The highest BCUT2D eigenvalue weighted by molar-refractivity contribution is 5.94. The van der Waals surface area contributed by atoms with E-state index in [1.807, 2.05) is 37.3 Å². The number of anilines is 1. The zero-order chi connectivity index (χ0) is 23.9. The van der Waals surface area contributed by atoms with Crippen molar-refractivity contribution >= 4 is 23.8 Å². The van der Waals surface area contributed by atoms with E-state index in [2.05, 4.69) is 16.7 Å². The molecule has 1 aromatic carbocycles. The largest absolute Gasteiger partial charge is 0.456 e. The molecule has 0 saturated carbocycles. The average Bonchev–Trinajstić information content (AvgIpc) is 2.95. The Hall–Kier alpha value is -3.80. The molecule has 0 saturated heterocycles. The Morgan fingerprint density at radius 3 is 2.38 bits per heavy atom. The van der Waals surface area contributed by atoms with Crippen molar-refractivity contribution in [1.82, 2.24) is 9.88 Å². The minimum Gasteiger partial charge on any atom is -0.456 e. The highest BCUT2D eigenvalue weighted by Crippen LogP contribution is 2.29. The molecule has 9 heteroatoms. The number of amides is 2.